The largest absolute Gasteiger partial charge is 0.392 e. The highest BCUT2D eigenvalue weighted by atomic mass is 16.5. The molecule has 1 aliphatic carbocycles. The average molecular weight is 185 g/mol. The van der Waals surface area contributed by atoms with E-state index in [2.05, 4.69) is 0 Å². The van der Waals surface area contributed by atoms with E-state index in [4.69, 9.17) is 10.5 Å². The molecule has 76 valence electrons. The first kappa shape index (κ1) is 9.44. The zero-order chi connectivity index (χ0) is 9.31. The second-order valence-corrected chi connectivity index (χ2v) is 4.46. The summed E-state index contributed by atoms with van der Waals surface area (Å²) in [5.41, 5.74) is 5.77. The van der Waals surface area contributed by atoms with Crippen molar-refractivity contribution in [1.29, 1.82) is 0 Å². The van der Waals surface area contributed by atoms with Gasteiger partial charge in [-0.2, -0.15) is 0 Å². The third kappa shape index (κ3) is 1.73. The highest BCUT2D eigenvalue weighted by Gasteiger charge is 2.50. The second kappa shape index (κ2) is 3.56. The van der Waals surface area contributed by atoms with E-state index >= 15 is 0 Å². The fourth-order valence-electron chi connectivity index (χ4n) is 2.31. The van der Waals surface area contributed by atoms with E-state index in [0.29, 0.717) is 12.5 Å². The highest BCUT2D eigenvalue weighted by Crippen LogP contribution is 2.50. The maximum Gasteiger partial charge on any atom is 0.0638 e. The summed E-state index contributed by atoms with van der Waals surface area (Å²) in [7, 11) is 0. The summed E-state index contributed by atoms with van der Waals surface area (Å²) in [5, 5.41) is 10.1. The molecule has 3 N–H and O–H groups in total. The van der Waals surface area contributed by atoms with Gasteiger partial charge < -0.3 is 15.6 Å². The number of hydrogen-bond donors (Lipinski definition) is 2. The van der Waals surface area contributed by atoms with E-state index in [0.717, 1.165) is 38.9 Å². The predicted molar refractivity (Wildman–Crippen MR) is 50.3 cm³/mol. The van der Waals surface area contributed by atoms with Gasteiger partial charge in [0.15, 0.2) is 0 Å². The first-order valence-corrected chi connectivity index (χ1v) is 5.24. The van der Waals surface area contributed by atoms with Gasteiger partial charge in [0.05, 0.1) is 6.10 Å². The lowest BCUT2D eigenvalue weighted by atomic mass is 9.83. The molecule has 0 radical (unpaired) electrons. The summed E-state index contributed by atoms with van der Waals surface area (Å²) in [6.45, 7) is 2.26. The van der Waals surface area contributed by atoms with Gasteiger partial charge in [-0.05, 0) is 31.6 Å². The Bertz CT molecular complexity index is 174. The summed E-state index contributed by atoms with van der Waals surface area (Å²) >= 11 is 0. The number of rotatable bonds is 3. The lowest BCUT2D eigenvalue weighted by Crippen LogP contribution is -2.38. The van der Waals surface area contributed by atoms with Crippen molar-refractivity contribution in [3.63, 3.8) is 0 Å². The van der Waals surface area contributed by atoms with Crippen LogP contribution in [0.5, 0.6) is 0 Å². The molecule has 1 unspecified atom stereocenters. The van der Waals surface area contributed by atoms with Crippen molar-refractivity contribution in [3.8, 4) is 0 Å². The fraction of sp³-hybridized carbons (Fsp3) is 1.00. The number of hydrogen-bond acceptors (Lipinski definition) is 3. The summed E-state index contributed by atoms with van der Waals surface area (Å²) in [6, 6.07) is 0. The fourth-order valence-corrected chi connectivity index (χ4v) is 2.31. The van der Waals surface area contributed by atoms with Crippen molar-refractivity contribution in [2.24, 2.45) is 17.1 Å². The molecule has 1 saturated heterocycles. The third-order valence-electron chi connectivity index (χ3n) is 3.64. The Morgan fingerprint density at radius 3 is 2.46 bits per heavy atom. The van der Waals surface area contributed by atoms with Crippen molar-refractivity contribution in [1.82, 2.24) is 0 Å². The van der Waals surface area contributed by atoms with Crippen LogP contribution in [-0.4, -0.2) is 31.0 Å². The van der Waals surface area contributed by atoms with Crippen LogP contribution in [0.2, 0.25) is 0 Å². The minimum atomic E-state index is -0.179. The van der Waals surface area contributed by atoms with E-state index in [1.807, 2.05) is 0 Å². The van der Waals surface area contributed by atoms with E-state index in [1.165, 1.54) is 0 Å². The number of ether oxygens (including phenoxy) is 1. The van der Waals surface area contributed by atoms with Gasteiger partial charge in [-0.3, -0.25) is 0 Å². The van der Waals surface area contributed by atoms with Gasteiger partial charge in [0, 0.05) is 25.2 Å². The first-order chi connectivity index (χ1) is 6.28. The molecule has 1 heterocycles. The second-order valence-electron chi connectivity index (χ2n) is 4.46. The van der Waals surface area contributed by atoms with Crippen LogP contribution in [0.3, 0.4) is 0 Å². The van der Waals surface area contributed by atoms with Gasteiger partial charge in [-0.25, -0.2) is 0 Å². The molecule has 2 fully saturated rings. The Hall–Kier alpha value is -0.120. The third-order valence-corrected chi connectivity index (χ3v) is 3.64. The molecular formula is C10H19NO2. The molecule has 3 heteroatoms. The van der Waals surface area contributed by atoms with Crippen LogP contribution in [-0.2, 0) is 4.74 Å². The van der Waals surface area contributed by atoms with E-state index in [-0.39, 0.29) is 11.5 Å². The molecule has 1 saturated carbocycles. The highest BCUT2D eigenvalue weighted by molar-refractivity contribution is 5.01. The Balaban J connectivity index is 1.91. The number of aliphatic hydroxyl groups is 1. The van der Waals surface area contributed by atoms with Crippen LogP contribution in [0, 0.1) is 11.3 Å². The molecule has 0 aromatic carbocycles. The Kier molecular flexibility index (Phi) is 2.58. The molecule has 3 nitrogen and oxygen atoms in total. The van der Waals surface area contributed by atoms with Gasteiger partial charge in [-0.1, -0.05) is 0 Å². The van der Waals surface area contributed by atoms with E-state index in [9.17, 15) is 5.11 Å². The molecule has 0 bridgehead atoms. The minimum Gasteiger partial charge on any atom is -0.392 e. The molecule has 0 aromatic heterocycles. The molecule has 1 atom stereocenters. The lowest BCUT2D eigenvalue weighted by Gasteiger charge is -2.31. The molecular weight excluding hydrogens is 166 g/mol. The molecule has 0 spiro atoms. The standard InChI is InChI=1S/C10H19NO2/c11-7-10(3-4-10)9(12)8-1-5-13-6-2-8/h8-9,12H,1-7,11H2. The molecule has 2 rings (SSSR count). The summed E-state index contributed by atoms with van der Waals surface area (Å²) in [4.78, 5) is 0. The van der Waals surface area contributed by atoms with Gasteiger partial charge in [0.25, 0.3) is 0 Å². The van der Waals surface area contributed by atoms with Crippen LogP contribution < -0.4 is 5.73 Å². The smallest absolute Gasteiger partial charge is 0.0638 e. The molecule has 0 amide bonds. The minimum absolute atomic E-state index is 0.0853. The first-order valence-electron chi connectivity index (χ1n) is 5.24. The monoisotopic (exact) mass is 185 g/mol. The predicted octanol–water partition coefficient (Wildman–Crippen LogP) is 0.513. The summed E-state index contributed by atoms with van der Waals surface area (Å²) < 4.78 is 5.27. The van der Waals surface area contributed by atoms with Crippen LogP contribution >= 0.6 is 0 Å². The van der Waals surface area contributed by atoms with Crippen LogP contribution in [0.4, 0.5) is 0 Å². The Labute approximate surface area is 79.3 Å². The summed E-state index contributed by atoms with van der Waals surface area (Å²) in [6.07, 6.45) is 4.05. The van der Waals surface area contributed by atoms with E-state index in [1.54, 1.807) is 0 Å². The topological polar surface area (TPSA) is 55.5 Å². The zero-order valence-electron chi connectivity index (χ0n) is 8.04. The molecule has 1 aliphatic heterocycles. The molecule has 0 aromatic rings. The quantitative estimate of drug-likeness (QED) is 0.673. The van der Waals surface area contributed by atoms with Crippen molar-refractivity contribution in [2.45, 2.75) is 31.8 Å². The molecule has 13 heavy (non-hydrogen) atoms. The number of aliphatic hydroxyl groups excluding tert-OH is 1. The Morgan fingerprint density at radius 1 is 1.38 bits per heavy atom. The maximum absolute atomic E-state index is 10.1. The zero-order valence-corrected chi connectivity index (χ0v) is 8.04. The number of nitrogens with two attached hydrogens (primary N) is 1. The van der Waals surface area contributed by atoms with Crippen molar-refractivity contribution in [3.05, 3.63) is 0 Å². The van der Waals surface area contributed by atoms with Gasteiger partial charge in [-0.15, -0.1) is 0 Å². The Morgan fingerprint density at radius 2 is 2.00 bits per heavy atom. The van der Waals surface area contributed by atoms with Gasteiger partial charge in [0.1, 0.15) is 0 Å². The normalized spacial score (nSPS) is 30.0. The van der Waals surface area contributed by atoms with E-state index < -0.39 is 0 Å². The van der Waals surface area contributed by atoms with Crippen molar-refractivity contribution >= 4 is 0 Å². The van der Waals surface area contributed by atoms with Crippen LogP contribution in [0.15, 0.2) is 0 Å². The van der Waals surface area contributed by atoms with Crippen molar-refractivity contribution < 1.29 is 9.84 Å². The summed E-state index contributed by atoms with van der Waals surface area (Å²) in [5.74, 6) is 0.430. The van der Waals surface area contributed by atoms with Gasteiger partial charge in [0.2, 0.25) is 0 Å². The maximum atomic E-state index is 10.1. The average Bonchev–Trinajstić information content (AvgIpc) is 2.99. The van der Waals surface area contributed by atoms with Crippen molar-refractivity contribution in [2.75, 3.05) is 19.8 Å². The van der Waals surface area contributed by atoms with Crippen LogP contribution in [0.25, 0.3) is 0 Å². The van der Waals surface area contributed by atoms with Crippen LogP contribution in [0.1, 0.15) is 25.7 Å². The lowest BCUT2D eigenvalue weighted by molar-refractivity contribution is -0.0228. The SMILES string of the molecule is NCC1(C(O)C2CCOCC2)CC1. The van der Waals surface area contributed by atoms with Gasteiger partial charge >= 0.3 is 0 Å². The molecule has 2 aliphatic rings.